The summed E-state index contributed by atoms with van der Waals surface area (Å²) < 4.78 is 34.7. The number of aromatic nitrogens is 2. The Hall–Kier alpha value is -4.17. The first-order valence-electron chi connectivity index (χ1n) is 17.1. The van der Waals surface area contributed by atoms with Crippen molar-refractivity contribution in [3.8, 4) is 16.9 Å². The average molecular weight is 685 g/mol. The number of aromatic amines is 1. The highest BCUT2D eigenvalue weighted by atomic mass is 16.7. The SMILES string of the molecule is COC[C@H]1C[C@@H](c2nc3ccc4cc5c(cc4c3[nH]2)OCc2cc(B3OC(C)(C)C(C)(C)O3)ccc2-5)N(C(=O)[C@@H](NC(=O)OC)[C@@H](C)OC)C1. The van der Waals surface area contributed by atoms with E-state index in [9.17, 15) is 9.59 Å². The van der Waals surface area contributed by atoms with E-state index in [0.717, 1.165) is 49.7 Å². The average Bonchev–Trinajstić information content (AvgIpc) is 3.78. The third-order valence-electron chi connectivity index (χ3n) is 10.9. The van der Waals surface area contributed by atoms with Gasteiger partial charge in [-0.1, -0.05) is 24.3 Å². The Morgan fingerprint density at radius 1 is 1.06 bits per heavy atom. The number of imidazole rings is 1. The van der Waals surface area contributed by atoms with Crippen LogP contribution in [0.4, 0.5) is 4.79 Å². The van der Waals surface area contributed by atoms with E-state index in [1.54, 1.807) is 18.9 Å². The summed E-state index contributed by atoms with van der Waals surface area (Å²) in [5, 5.41) is 4.66. The van der Waals surface area contributed by atoms with Gasteiger partial charge in [-0.3, -0.25) is 4.79 Å². The maximum atomic E-state index is 14.0. The summed E-state index contributed by atoms with van der Waals surface area (Å²) in [6.07, 6.45) is -0.646. The molecule has 4 heterocycles. The highest BCUT2D eigenvalue weighted by molar-refractivity contribution is 6.62. The predicted octanol–water partition coefficient (Wildman–Crippen LogP) is 4.87. The molecule has 0 bridgehead atoms. The molecule has 3 aliphatic heterocycles. The molecule has 264 valence electrons. The molecule has 0 saturated carbocycles. The van der Waals surface area contributed by atoms with Gasteiger partial charge in [0.2, 0.25) is 5.91 Å². The number of benzene rings is 3. The molecule has 0 spiro atoms. The van der Waals surface area contributed by atoms with Crippen LogP contribution in [0.2, 0.25) is 0 Å². The van der Waals surface area contributed by atoms with Crippen molar-refractivity contribution in [2.45, 2.75) is 77.0 Å². The van der Waals surface area contributed by atoms with Crippen molar-refractivity contribution in [3.63, 3.8) is 0 Å². The Labute approximate surface area is 292 Å². The van der Waals surface area contributed by atoms with Crippen molar-refractivity contribution in [2.75, 3.05) is 34.5 Å². The Balaban J connectivity index is 1.21. The van der Waals surface area contributed by atoms with Crippen LogP contribution >= 0.6 is 0 Å². The van der Waals surface area contributed by atoms with Gasteiger partial charge >= 0.3 is 13.2 Å². The van der Waals surface area contributed by atoms with Crippen molar-refractivity contribution in [1.29, 1.82) is 0 Å². The fraction of sp³-hybridized carbons (Fsp3) is 0.486. The second-order valence-electron chi connectivity index (χ2n) is 14.6. The van der Waals surface area contributed by atoms with Gasteiger partial charge < -0.3 is 43.5 Å². The zero-order chi connectivity index (χ0) is 35.5. The monoisotopic (exact) mass is 684 g/mol. The summed E-state index contributed by atoms with van der Waals surface area (Å²) in [5.41, 5.74) is 4.99. The van der Waals surface area contributed by atoms with Crippen molar-refractivity contribution in [3.05, 3.63) is 53.9 Å². The lowest BCUT2D eigenvalue weighted by Crippen LogP contribution is -2.54. The molecule has 7 rings (SSSR count). The van der Waals surface area contributed by atoms with Gasteiger partial charge in [-0.05, 0) is 81.2 Å². The fourth-order valence-electron chi connectivity index (χ4n) is 7.28. The van der Waals surface area contributed by atoms with E-state index in [-0.39, 0.29) is 17.9 Å². The van der Waals surface area contributed by atoms with Gasteiger partial charge in [-0.15, -0.1) is 0 Å². The molecular weight excluding hydrogens is 639 g/mol. The quantitative estimate of drug-likeness (QED) is 0.250. The molecule has 0 aliphatic carbocycles. The second kappa shape index (κ2) is 12.9. The van der Waals surface area contributed by atoms with E-state index in [0.29, 0.717) is 32.0 Å². The van der Waals surface area contributed by atoms with Crippen LogP contribution in [0, 0.1) is 5.92 Å². The van der Waals surface area contributed by atoms with E-state index in [1.165, 1.54) is 14.2 Å². The van der Waals surface area contributed by atoms with Crippen molar-refractivity contribution in [1.82, 2.24) is 20.2 Å². The van der Waals surface area contributed by atoms with Gasteiger partial charge in [0, 0.05) is 37.6 Å². The van der Waals surface area contributed by atoms with E-state index in [1.807, 2.05) is 6.07 Å². The number of likely N-dealkylation sites (tertiary alicyclic amines) is 1. The number of carbonyl (C=O) groups is 2. The van der Waals surface area contributed by atoms with Gasteiger partial charge in [0.15, 0.2) is 0 Å². The molecule has 0 unspecified atom stereocenters. The van der Waals surface area contributed by atoms with Crippen LogP contribution in [-0.4, -0.2) is 91.8 Å². The summed E-state index contributed by atoms with van der Waals surface area (Å²) in [6, 6.07) is 13.3. The number of methoxy groups -OCH3 is 3. The minimum Gasteiger partial charge on any atom is -0.488 e. The Kier molecular flexibility index (Phi) is 8.82. The summed E-state index contributed by atoms with van der Waals surface area (Å²) >= 11 is 0. The summed E-state index contributed by atoms with van der Waals surface area (Å²) in [5.74, 6) is 1.27. The van der Waals surface area contributed by atoms with Crippen LogP contribution < -0.4 is 15.5 Å². The van der Waals surface area contributed by atoms with Crippen LogP contribution in [0.25, 0.3) is 32.9 Å². The van der Waals surface area contributed by atoms with E-state index in [4.69, 9.17) is 33.2 Å². The van der Waals surface area contributed by atoms with Gasteiger partial charge in [0.05, 0.1) is 48.1 Å². The highest BCUT2D eigenvalue weighted by Crippen LogP contribution is 2.43. The molecule has 12 nitrogen and oxygen atoms in total. The highest BCUT2D eigenvalue weighted by Gasteiger charge is 2.52. The van der Waals surface area contributed by atoms with E-state index >= 15 is 0 Å². The van der Waals surface area contributed by atoms with Crippen LogP contribution in [-0.2, 0) is 34.9 Å². The molecule has 2 fully saturated rings. The lowest BCUT2D eigenvalue weighted by Gasteiger charge is -2.32. The third-order valence-corrected chi connectivity index (χ3v) is 10.9. The minimum absolute atomic E-state index is 0.0845. The summed E-state index contributed by atoms with van der Waals surface area (Å²) in [7, 11) is 3.98. The van der Waals surface area contributed by atoms with Gasteiger partial charge in [0.1, 0.15) is 24.2 Å². The van der Waals surface area contributed by atoms with Crippen molar-refractivity contribution < 1.29 is 37.8 Å². The van der Waals surface area contributed by atoms with Crippen LogP contribution in [0.5, 0.6) is 5.75 Å². The normalized spacial score (nSPS) is 21.8. The number of H-pyrrole nitrogens is 1. The number of alkyl carbamates (subject to hydrolysis) is 1. The Bertz CT molecular complexity index is 1940. The Morgan fingerprint density at radius 2 is 1.82 bits per heavy atom. The topological polar surface area (TPSA) is 133 Å². The predicted molar refractivity (Wildman–Crippen MR) is 189 cm³/mol. The number of rotatable bonds is 8. The van der Waals surface area contributed by atoms with Crippen molar-refractivity contribution in [2.24, 2.45) is 5.92 Å². The molecule has 2 amide bonds. The van der Waals surface area contributed by atoms with Crippen LogP contribution in [0.1, 0.15) is 58.5 Å². The molecule has 2 saturated heterocycles. The third kappa shape index (κ3) is 5.89. The molecule has 4 aromatic rings. The number of nitrogens with one attached hydrogen (secondary N) is 2. The number of hydrogen-bond acceptors (Lipinski definition) is 9. The van der Waals surface area contributed by atoms with Crippen LogP contribution in [0.15, 0.2) is 42.5 Å². The molecule has 3 aliphatic rings. The van der Waals surface area contributed by atoms with Gasteiger partial charge in [-0.25, -0.2) is 9.78 Å². The maximum absolute atomic E-state index is 14.0. The first-order chi connectivity index (χ1) is 23.8. The van der Waals surface area contributed by atoms with Gasteiger partial charge in [0.25, 0.3) is 0 Å². The molecule has 0 radical (unpaired) electrons. The smallest absolute Gasteiger partial charge is 0.488 e. The molecule has 3 aromatic carbocycles. The second-order valence-corrected chi connectivity index (χ2v) is 14.6. The number of amides is 2. The fourth-order valence-corrected chi connectivity index (χ4v) is 7.28. The van der Waals surface area contributed by atoms with Gasteiger partial charge in [-0.2, -0.15) is 0 Å². The molecule has 2 N–H and O–H groups in total. The lowest BCUT2D eigenvalue weighted by molar-refractivity contribution is -0.137. The van der Waals surface area contributed by atoms with E-state index < -0.39 is 36.6 Å². The first kappa shape index (κ1) is 34.3. The standard InChI is InChI=1S/C37H45BN4O8/c1-20(46-7)31(41-35(44)47-8)34(43)42-17-21(18-45-6)13-29(42)33-39-28-12-9-22-15-27-25-11-10-24(38-49-36(2,3)37(4,5)50-38)14-23(25)19-48-30(27)16-26(22)32(28)40-33/h9-12,14-16,20-21,29,31H,13,17-19H2,1-8H3,(H,39,40)(H,41,44)/t20-,21+,29+,31+/m1/s1. The minimum atomic E-state index is -0.944. The summed E-state index contributed by atoms with van der Waals surface area (Å²) in [6.45, 7) is 11.3. The lowest BCUT2D eigenvalue weighted by atomic mass is 9.77. The maximum Gasteiger partial charge on any atom is 0.494 e. The molecule has 1 aromatic heterocycles. The van der Waals surface area contributed by atoms with Crippen LogP contribution in [0.3, 0.4) is 0 Å². The zero-order valence-corrected chi connectivity index (χ0v) is 29.9. The van der Waals surface area contributed by atoms with Crippen molar-refractivity contribution >= 4 is 46.4 Å². The number of nitrogens with zero attached hydrogens (tertiary/aromatic N) is 2. The zero-order valence-electron chi connectivity index (χ0n) is 29.9. The number of carbonyl (C=O) groups excluding carboxylic acids is 2. The van der Waals surface area contributed by atoms with E-state index in [2.05, 4.69) is 74.4 Å². The molecule has 4 atom stereocenters. The Morgan fingerprint density at radius 3 is 2.52 bits per heavy atom. The number of fused-ring (bicyclic) bond motifs is 6. The number of hydrogen-bond donors (Lipinski definition) is 2. The molecule has 50 heavy (non-hydrogen) atoms. The molecule has 13 heteroatoms. The summed E-state index contributed by atoms with van der Waals surface area (Å²) in [4.78, 5) is 36.5. The largest absolute Gasteiger partial charge is 0.494 e. The molecular formula is C37H45BN4O8. The first-order valence-corrected chi connectivity index (χ1v) is 17.1. The number of ether oxygens (including phenoxy) is 4.